The molecule has 0 unspecified atom stereocenters. The van der Waals surface area contributed by atoms with E-state index in [2.05, 4.69) is 30.7 Å². The lowest BCUT2D eigenvalue weighted by molar-refractivity contribution is 0.829. The lowest BCUT2D eigenvalue weighted by Gasteiger charge is -1.93. The van der Waals surface area contributed by atoms with E-state index in [1.54, 1.807) is 18.3 Å². The molecule has 7 heteroatoms. The first-order valence-electron chi connectivity index (χ1n) is 3.61. The molecule has 0 spiro atoms. The van der Waals surface area contributed by atoms with E-state index in [0.717, 1.165) is 0 Å². The van der Waals surface area contributed by atoms with Gasteiger partial charge in [-0.2, -0.15) is 4.52 Å². The zero-order valence-electron chi connectivity index (χ0n) is 6.36. The van der Waals surface area contributed by atoms with Crippen molar-refractivity contribution in [3.63, 3.8) is 0 Å². The van der Waals surface area contributed by atoms with Gasteiger partial charge in [0, 0.05) is 6.20 Å². The Balaban J connectivity index is 2.65. The molecule has 13 heavy (non-hydrogen) atoms. The summed E-state index contributed by atoms with van der Waals surface area (Å²) in [7, 11) is 0. The molecule has 3 aromatic rings. The van der Waals surface area contributed by atoms with Crippen LogP contribution in [0.15, 0.2) is 18.3 Å². The minimum atomic E-state index is 0.353. The number of hydrogen-bond donors (Lipinski definition) is 0. The van der Waals surface area contributed by atoms with Gasteiger partial charge in [-0.15, -0.1) is 10.2 Å². The van der Waals surface area contributed by atoms with Crippen LogP contribution in [-0.4, -0.2) is 35.2 Å². The number of nitrogens with zero attached hydrogens (tertiary/aromatic N) is 7. The number of fused-ring (bicyclic) bond motifs is 3. The van der Waals surface area contributed by atoms with Crippen molar-refractivity contribution in [2.45, 2.75) is 0 Å². The van der Waals surface area contributed by atoms with E-state index in [0.29, 0.717) is 16.9 Å². The first-order valence-corrected chi connectivity index (χ1v) is 3.61. The van der Waals surface area contributed by atoms with Gasteiger partial charge in [0.15, 0.2) is 5.65 Å². The van der Waals surface area contributed by atoms with Crippen molar-refractivity contribution in [2.24, 2.45) is 0 Å². The molecule has 0 aliphatic carbocycles. The molecule has 0 saturated carbocycles. The van der Waals surface area contributed by atoms with Crippen LogP contribution in [0.3, 0.4) is 0 Å². The number of tetrazole rings is 1. The van der Waals surface area contributed by atoms with Crippen LogP contribution in [0.5, 0.6) is 0 Å². The highest BCUT2D eigenvalue weighted by Crippen LogP contribution is 2.04. The van der Waals surface area contributed by atoms with Gasteiger partial charge < -0.3 is 0 Å². The Labute approximate surface area is 71.4 Å². The highest BCUT2D eigenvalue weighted by molar-refractivity contribution is 5.70. The Hall–Kier alpha value is -2.18. The summed E-state index contributed by atoms with van der Waals surface area (Å²) in [4.78, 5) is 4.10. The van der Waals surface area contributed by atoms with Crippen LogP contribution in [0.25, 0.3) is 16.9 Å². The van der Waals surface area contributed by atoms with Crippen LogP contribution >= 0.6 is 0 Å². The first-order chi connectivity index (χ1) is 6.45. The molecule has 0 bridgehead atoms. The first kappa shape index (κ1) is 6.35. The molecule has 3 rings (SSSR count). The van der Waals surface area contributed by atoms with Crippen molar-refractivity contribution in [3.8, 4) is 0 Å². The maximum absolute atomic E-state index is 4.10. The molecular formula is C6H3N7. The van der Waals surface area contributed by atoms with E-state index in [9.17, 15) is 0 Å². The van der Waals surface area contributed by atoms with Gasteiger partial charge in [-0.05, 0) is 22.6 Å². The Morgan fingerprint density at radius 3 is 3.15 bits per heavy atom. The molecule has 0 N–H and O–H groups in total. The normalized spacial score (nSPS) is 11.1. The summed E-state index contributed by atoms with van der Waals surface area (Å²) in [5, 5.41) is 18.6. The Bertz CT molecular complexity index is 571. The lowest BCUT2D eigenvalue weighted by atomic mass is 10.4. The molecule has 0 aliphatic rings. The fourth-order valence-electron chi connectivity index (χ4n) is 1.11. The molecule has 7 nitrogen and oxygen atoms in total. The summed E-state index contributed by atoms with van der Waals surface area (Å²) in [6.45, 7) is 0. The number of pyridine rings is 1. The molecular weight excluding hydrogens is 170 g/mol. The molecule has 0 atom stereocenters. The van der Waals surface area contributed by atoms with Crippen LogP contribution in [0.1, 0.15) is 0 Å². The predicted molar refractivity (Wildman–Crippen MR) is 41.7 cm³/mol. The zero-order chi connectivity index (χ0) is 8.67. The minimum absolute atomic E-state index is 0.353. The van der Waals surface area contributed by atoms with Crippen molar-refractivity contribution in [2.75, 3.05) is 0 Å². The Kier molecular flexibility index (Phi) is 1.05. The smallest absolute Gasteiger partial charge is 0.235 e. The van der Waals surface area contributed by atoms with E-state index in [4.69, 9.17) is 0 Å². The Morgan fingerprint density at radius 1 is 1.15 bits per heavy atom. The zero-order valence-corrected chi connectivity index (χ0v) is 6.36. The molecule has 3 heterocycles. The third kappa shape index (κ3) is 0.776. The largest absolute Gasteiger partial charge is 0.294 e. The fraction of sp³-hybridized carbons (Fsp3) is 0. The Morgan fingerprint density at radius 2 is 2.15 bits per heavy atom. The van der Waals surface area contributed by atoms with E-state index in [-0.39, 0.29) is 0 Å². The van der Waals surface area contributed by atoms with E-state index in [1.165, 1.54) is 4.52 Å². The summed E-state index contributed by atoms with van der Waals surface area (Å²) >= 11 is 0. The molecule has 0 radical (unpaired) electrons. The number of hydrogen-bond acceptors (Lipinski definition) is 6. The molecule has 0 fully saturated rings. The van der Waals surface area contributed by atoms with Crippen molar-refractivity contribution < 1.29 is 0 Å². The van der Waals surface area contributed by atoms with Crippen LogP contribution in [0.4, 0.5) is 0 Å². The number of aromatic nitrogens is 7. The molecule has 0 amide bonds. The summed E-state index contributed by atoms with van der Waals surface area (Å²) in [5.74, 6) is 0.353. The standard InChI is InChI=1S/C6H3N7/c1-2-4-5(7-3-1)13-6(9-8-4)10-11-12-13/h1-3H. The fourth-order valence-corrected chi connectivity index (χ4v) is 1.11. The second kappa shape index (κ2) is 2.16. The van der Waals surface area contributed by atoms with E-state index < -0.39 is 0 Å². The average Bonchev–Trinajstić information content (AvgIpc) is 2.65. The third-order valence-electron chi connectivity index (χ3n) is 1.67. The minimum Gasteiger partial charge on any atom is -0.235 e. The quantitative estimate of drug-likeness (QED) is 0.454. The van der Waals surface area contributed by atoms with Gasteiger partial charge in [0.05, 0.1) is 0 Å². The number of rotatable bonds is 0. The molecule has 0 saturated heterocycles. The van der Waals surface area contributed by atoms with Crippen LogP contribution in [0.2, 0.25) is 0 Å². The van der Waals surface area contributed by atoms with Gasteiger partial charge in [-0.1, -0.05) is 5.10 Å². The summed E-state index contributed by atoms with van der Waals surface area (Å²) < 4.78 is 1.45. The van der Waals surface area contributed by atoms with Gasteiger partial charge >= 0.3 is 0 Å². The third-order valence-corrected chi connectivity index (χ3v) is 1.67. The van der Waals surface area contributed by atoms with Crippen LogP contribution in [0, 0.1) is 0 Å². The van der Waals surface area contributed by atoms with Crippen LogP contribution in [-0.2, 0) is 0 Å². The molecule has 0 aliphatic heterocycles. The summed E-state index contributed by atoms with van der Waals surface area (Å²) in [6.07, 6.45) is 1.66. The van der Waals surface area contributed by atoms with Gasteiger partial charge in [-0.25, -0.2) is 4.98 Å². The van der Waals surface area contributed by atoms with Gasteiger partial charge in [0.2, 0.25) is 0 Å². The van der Waals surface area contributed by atoms with Crippen molar-refractivity contribution in [1.29, 1.82) is 0 Å². The lowest BCUT2D eigenvalue weighted by Crippen LogP contribution is -1.98. The maximum Gasteiger partial charge on any atom is 0.294 e. The van der Waals surface area contributed by atoms with Crippen molar-refractivity contribution in [1.82, 2.24) is 35.2 Å². The summed E-state index contributed by atoms with van der Waals surface area (Å²) in [6, 6.07) is 3.59. The molecule has 62 valence electrons. The van der Waals surface area contributed by atoms with Crippen molar-refractivity contribution in [3.05, 3.63) is 18.3 Å². The van der Waals surface area contributed by atoms with Gasteiger partial charge in [0.25, 0.3) is 5.78 Å². The summed E-state index contributed by atoms with van der Waals surface area (Å²) in [5.41, 5.74) is 1.28. The highest BCUT2D eigenvalue weighted by atomic mass is 15.5. The van der Waals surface area contributed by atoms with Crippen LogP contribution < -0.4 is 0 Å². The average molecular weight is 173 g/mol. The van der Waals surface area contributed by atoms with E-state index in [1.807, 2.05) is 0 Å². The van der Waals surface area contributed by atoms with Gasteiger partial charge in [0.1, 0.15) is 5.52 Å². The molecule has 3 aromatic heterocycles. The topological polar surface area (TPSA) is 81.8 Å². The van der Waals surface area contributed by atoms with Crippen molar-refractivity contribution >= 4 is 16.9 Å². The van der Waals surface area contributed by atoms with Gasteiger partial charge in [-0.3, -0.25) is 0 Å². The van der Waals surface area contributed by atoms with E-state index >= 15 is 0 Å². The SMILES string of the molecule is c1cnc2c(c1)nnc1nnnn12. The maximum atomic E-state index is 4.10. The second-order valence-electron chi connectivity index (χ2n) is 2.44. The highest BCUT2D eigenvalue weighted by Gasteiger charge is 2.04. The molecule has 0 aromatic carbocycles. The second-order valence-corrected chi connectivity index (χ2v) is 2.44. The predicted octanol–water partition coefficient (Wildman–Crippen LogP) is -0.538. The monoisotopic (exact) mass is 173 g/mol.